The van der Waals surface area contributed by atoms with Gasteiger partial charge in [0.1, 0.15) is 0 Å². The summed E-state index contributed by atoms with van der Waals surface area (Å²) >= 11 is 0. The van der Waals surface area contributed by atoms with Crippen LogP contribution in [0.1, 0.15) is 40.0 Å². The van der Waals surface area contributed by atoms with Crippen LogP contribution in [-0.2, 0) is 19.0 Å². The fourth-order valence-electron chi connectivity index (χ4n) is 3.14. The van der Waals surface area contributed by atoms with E-state index in [4.69, 9.17) is 14.2 Å². The molecule has 0 aromatic rings. The zero-order valence-corrected chi connectivity index (χ0v) is 10.9. The zero-order chi connectivity index (χ0) is 12.5. The summed E-state index contributed by atoms with van der Waals surface area (Å²) < 4.78 is 17.2. The molecule has 0 aromatic carbocycles. The van der Waals surface area contributed by atoms with Gasteiger partial charge in [0, 0.05) is 25.6 Å². The van der Waals surface area contributed by atoms with Crippen molar-refractivity contribution in [1.29, 1.82) is 0 Å². The Kier molecular flexibility index (Phi) is 3.73. The van der Waals surface area contributed by atoms with Crippen molar-refractivity contribution in [2.75, 3.05) is 13.2 Å². The van der Waals surface area contributed by atoms with Gasteiger partial charge >= 0.3 is 5.97 Å². The summed E-state index contributed by atoms with van der Waals surface area (Å²) in [5.41, 5.74) is 0. The predicted octanol–water partition coefficient (Wildman–Crippen LogP) is 2.12. The summed E-state index contributed by atoms with van der Waals surface area (Å²) in [6, 6.07) is 0. The standard InChI is InChI=1S/C13H22O4/c1-4-15-13(16-5-2)8-6-7-10-9(3)12(14)17-11(10)13/h9-11H,4-8H2,1-3H3/t9-,10-,11+/m0/s1. The normalized spacial score (nSPS) is 35.5. The summed E-state index contributed by atoms with van der Waals surface area (Å²) in [5.74, 6) is -0.590. The molecule has 0 unspecified atom stereocenters. The smallest absolute Gasteiger partial charge is 0.309 e. The molecule has 4 heteroatoms. The van der Waals surface area contributed by atoms with Crippen LogP contribution in [0.4, 0.5) is 0 Å². The minimum Gasteiger partial charge on any atom is -0.456 e. The first-order valence-electron chi connectivity index (χ1n) is 6.63. The van der Waals surface area contributed by atoms with Gasteiger partial charge in [0.2, 0.25) is 5.79 Å². The Morgan fingerprint density at radius 1 is 1.35 bits per heavy atom. The highest BCUT2D eigenvalue weighted by Gasteiger charge is 2.56. The van der Waals surface area contributed by atoms with Crippen LogP contribution in [0.2, 0.25) is 0 Å². The van der Waals surface area contributed by atoms with Crippen LogP contribution in [0, 0.1) is 11.8 Å². The van der Waals surface area contributed by atoms with Gasteiger partial charge in [-0.25, -0.2) is 0 Å². The minimum atomic E-state index is -0.702. The highest BCUT2D eigenvalue weighted by molar-refractivity contribution is 5.75. The van der Waals surface area contributed by atoms with Crippen LogP contribution >= 0.6 is 0 Å². The zero-order valence-electron chi connectivity index (χ0n) is 10.9. The molecular weight excluding hydrogens is 220 g/mol. The van der Waals surface area contributed by atoms with Crippen molar-refractivity contribution in [3.05, 3.63) is 0 Å². The van der Waals surface area contributed by atoms with Crippen molar-refractivity contribution >= 4 is 5.97 Å². The van der Waals surface area contributed by atoms with Gasteiger partial charge in [-0.3, -0.25) is 4.79 Å². The Morgan fingerprint density at radius 3 is 2.59 bits per heavy atom. The minimum absolute atomic E-state index is 0.0272. The average Bonchev–Trinajstić information content (AvgIpc) is 2.59. The number of fused-ring (bicyclic) bond motifs is 1. The maximum absolute atomic E-state index is 11.7. The molecule has 0 bridgehead atoms. The number of esters is 1. The van der Waals surface area contributed by atoms with Crippen LogP contribution in [0.15, 0.2) is 0 Å². The number of ether oxygens (including phenoxy) is 3. The van der Waals surface area contributed by atoms with Crippen molar-refractivity contribution in [3.8, 4) is 0 Å². The lowest BCUT2D eigenvalue weighted by atomic mass is 9.77. The summed E-state index contributed by atoms with van der Waals surface area (Å²) in [7, 11) is 0. The fourth-order valence-corrected chi connectivity index (χ4v) is 3.14. The third kappa shape index (κ3) is 2.08. The largest absolute Gasteiger partial charge is 0.456 e. The Bertz CT molecular complexity index is 278. The molecule has 0 N–H and O–H groups in total. The van der Waals surface area contributed by atoms with Crippen molar-refractivity contribution in [2.24, 2.45) is 11.8 Å². The van der Waals surface area contributed by atoms with E-state index in [2.05, 4.69) is 0 Å². The van der Waals surface area contributed by atoms with Crippen molar-refractivity contribution < 1.29 is 19.0 Å². The van der Waals surface area contributed by atoms with Crippen LogP contribution in [0.5, 0.6) is 0 Å². The predicted molar refractivity (Wildman–Crippen MR) is 62.4 cm³/mol. The van der Waals surface area contributed by atoms with E-state index in [1.165, 1.54) is 0 Å². The number of carbonyl (C=O) groups excluding carboxylic acids is 1. The summed E-state index contributed by atoms with van der Waals surface area (Å²) in [5, 5.41) is 0. The lowest BCUT2D eigenvalue weighted by Crippen LogP contribution is -2.53. The molecule has 1 saturated heterocycles. The molecule has 0 amide bonds. The molecule has 1 heterocycles. The van der Waals surface area contributed by atoms with E-state index < -0.39 is 5.79 Å². The third-order valence-electron chi connectivity index (χ3n) is 3.92. The van der Waals surface area contributed by atoms with Crippen LogP contribution in [-0.4, -0.2) is 31.1 Å². The molecule has 4 nitrogen and oxygen atoms in total. The molecule has 98 valence electrons. The molecule has 0 aromatic heterocycles. The molecule has 2 aliphatic rings. The Morgan fingerprint density at radius 2 is 2.00 bits per heavy atom. The number of hydrogen-bond donors (Lipinski definition) is 0. The van der Waals surface area contributed by atoms with Gasteiger partial charge < -0.3 is 14.2 Å². The highest BCUT2D eigenvalue weighted by Crippen LogP contribution is 2.46. The van der Waals surface area contributed by atoms with E-state index in [9.17, 15) is 4.79 Å². The molecule has 0 radical (unpaired) electrons. The summed E-state index contributed by atoms with van der Waals surface area (Å²) in [6.07, 6.45) is 2.65. The molecule has 1 aliphatic carbocycles. The maximum Gasteiger partial charge on any atom is 0.309 e. The van der Waals surface area contributed by atoms with Crippen LogP contribution < -0.4 is 0 Å². The molecule has 0 spiro atoms. The van der Waals surface area contributed by atoms with E-state index in [-0.39, 0.29) is 23.9 Å². The lowest BCUT2D eigenvalue weighted by Gasteiger charge is -2.43. The third-order valence-corrected chi connectivity index (χ3v) is 3.92. The monoisotopic (exact) mass is 242 g/mol. The molecule has 17 heavy (non-hydrogen) atoms. The SMILES string of the molecule is CCOC1(OCC)CCC[C@H]2[C@H](C)C(=O)O[C@H]21. The molecule has 3 atom stereocenters. The Hall–Kier alpha value is -0.610. The number of rotatable bonds is 4. The van der Waals surface area contributed by atoms with E-state index in [0.717, 1.165) is 19.3 Å². The second-order valence-corrected chi connectivity index (χ2v) is 4.88. The maximum atomic E-state index is 11.7. The van der Waals surface area contributed by atoms with Crippen molar-refractivity contribution in [3.63, 3.8) is 0 Å². The van der Waals surface area contributed by atoms with E-state index in [1.807, 2.05) is 20.8 Å². The van der Waals surface area contributed by atoms with E-state index >= 15 is 0 Å². The van der Waals surface area contributed by atoms with E-state index in [1.54, 1.807) is 0 Å². The topological polar surface area (TPSA) is 44.8 Å². The van der Waals surface area contributed by atoms with E-state index in [0.29, 0.717) is 13.2 Å². The summed E-state index contributed by atoms with van der Waals surface area (Å²) in [6.45, 7) is 7.00. The first kappa shape index (κ1) is 12.8. The summed E-state index contributed by atoms with van der Waals surface area (Å²) in [4.78, 5) is 11.7. The Balaban J connectivity index is 2.23. The van der Waals surface area contributed by atoms with Crippen molar-refractivity contribution in [2.45, 2.75) is 51.9 Å². The quantitative estimate of drug-likeness (QED) is 0.559. The average molecular weight is 242 g/mol. The van der Waals surface area contributed by atoms with Crippen LogP contribution in [0.25, 0.3) is 0 Å². The van der Waals surface area contributed by atoms with Gasteiger partial charge in [-0.2, -0.15) is 0 Å². The van der Waals surface area contributed by atoms with Gasteiger partial charge in [0.05, 0.1) is 5.92 Å². The fraction of sp³-hybridized carbons (Fsp3) is 0.923. The highest BCUT2D eigenvalue weighted by atomic mass is 16.7. The van der Waals surface area contributed by atoms with Crippen molar-refractivity contribution in [1.82, 2.24) is 0 Å². The van der Waals surface area contributed by atoms with Gasteiger partial charge in [0.25, 0.3) is 0 Å². The van der Waals surface area contributed by atoms with Gasteiger partial charge in [-0.15, -0.1) is 0 Å². The van der Waals surface area contributed by atoms with Gasteiger partial charge in [-0.05, 0) is 26.7 Å². The van der Waals surface area contributed by atoms with Gasteiger partial charge in [-0.1, -0.05) is 6.92 Å². The van der Waals surface area contributed by atoms with Crippen LogP contribution in [0.3, 0.4) is 0 Å². The van der Waals surface area contributed by atoms with Gasteiger partial charge in [0.15, 0.2) is 6.10 Å². The molecule has 2 fully saturated rings. The molecule has 1 aliphatic heterocycles. The molecule has 2 rings (SSSR count). The lowest BCUT2D eigenvalue weighted by molar-refractivity contribution is -0.297. The first-order valence-corrected chi connectivity index (χ1v) is 6.63. The number of carbonyl (C=O) groups is 1. The second kappa shape index (κ2) is 4.94. The Labute approximate surface area is 103 Å². The second-order valence-electron chi connectivity index (χ2n) is 4.88. The number of hydrogen-bond acceptors (Lipinski definition) is 4. The first-order chi connectivity index (χ1) is 8.14. The molecular formula is C13H22O4. The molecule has 1 saturated carbocycles.